The van der Waals surface area contributed by atoms with Crippen molar-refractivity contribution in [3.8, 4) is 0 Å². The maximum Gasteiger partial charge on any atom is 0.337 e. The molecule has 2 rings (SSSR count). The molecule has 1 fully saturated rings. The van der Waals surface area contributed by atoms with Crippen LogP contribution in [0.25, 0.3) is 0 Å². The highest BCUT2D eigenvalue weighted by Crippen LogP contribution is 2.35. The summed E-state index contributed by atoms with van der Waals surface area (Å²) >= 11 is 0. The van der Waals surface area contributed by atoms with Gasteiger partial charge in [0, 0.05) is 0 Å². The molecule has 0 amide bonds. The topological polar surface area (TPSA) is 46.5 Å². The summed E-state index contributed by atoms with van der Waals surface area (Å²) in [5, 5.41) is 10.2. The average molecular weight is 234 g/mol. The Balaban J connectivity index is 2.09. The Morgan fingerprint density at radius 3 is 2.41 bits per heavy atom. The Labute approximate surface area is 101 Å². The smallest absolute Gasteiger partial charge is 0.337 e. The minimum Gasteiger partial charge on any atom is -0.465 e. The van der Waals surface area contributed by atoms with Gasteiger partial charge in [0.1, 0.15) is 0 Å². The van der Waals surface area contributed by atoms with Crippen LogP contribution in [0.5, 0.6) is 0 Å². The number of hydrogen-bond acceptors (Lipinski definition) is 3. The highest BCUT2D eigenvalue weighted by atomic mass is 16.5. The fraction of sp³-hybridized carbons (Fsp3) is 0.500. The summed E-state index contributed by atoms with van der Waals surface area (Å²) in [5.74, 6) is 0.0332. The molecule has 0 spiro atoms. The first-order valence-corrected chi connectivity index (χ1v) is 6.08. The lowest BCUT2D eigenvalue weighted by molar-refractivity contribution is 0.0600. The highest BCUT2D eigenvalue weighted by molar-refractivity contribution is 5.89. The summed E-state index contributed by atoms with van der Waals surface area (Å²) in [6.45, 7) is 0. The van der Waals surface area contributed by atoms with Crippen molar-refractivity contribution >= 4 is 5.97 Å². The normalized spacial score (nSPS) is 18.0. The molecule has 0 bridgehead atoms. The van der Waals surface area contributed by atoms with Crippen molar-refractivity contribution in [2.75, 3.05) is 7.11 Å². The van der Waals surface area contributed by atoms with Crippen LogP contribution in [-0.2, 0) is 4.74 Å². The third kappa shape index (κ3) is 2.67. The third-order valence-corrected chi connectivity index (χ3v) is 3.52. The van der Waals surface area contributed by atoms with Crippen molar-refractivity contribution in [2.45, 2.75) is 31.8 Å². The molecule has 1 aliphatic rings. The van der Waals surface area contributed by atoms with Crippen molar-refractivity contribution in [1.82, 2.24) is 0 Å². The van der Waals surface area contributed by atoms with Gasteiger partial charge >= 0.3 is 5.97 Å². The Kier molecular flexibility index (Phi) is 3.79. The molecule has 0 saturated heterocycles. The van der Waals surface area contributed by atoms with E-state index in [1.165, 1.54) is 20.0 Å². The van der Waals surface area contributed by atoms with E-state index in [-0.39, 0.29) is 5.97 Å². The van der Waals surface area contributed by atoms with Crippen molar-refractivity contribution < 1.29 is 14.6 Å². The lowest BCUT2D eigenvalue weighted by Gasteiger charge is -2.18. The summed E-state index contributed by atoms with van der Waals surface area (Å²) in [5.41, 5.74) is 1.42. The summed E-state index contributed by atoms with van der Waals surface area (Å²) in [6.07, 6.45) is 4.22. The molecule has 1 N–H and O–H groups in total. The van der Waals surface area contributed by atoms with Crippen LogP contribution >= 0.6 is 0 Å². The van der Waals surface area contributed by atoms with E-state index in [0.717, 1.165) is 18.4 Å². The average Bonchev–Trinajstić information content (AvgIpc) is 2.91. The van der Waals surface area contributed by atoms with Crippen LogP contribution in [0.1, 0.15) is 47.7 Å². The van der Waals surface area contributed by atoms with Crippen molar-refractivity contribution in [2.24, 2.45) is 5.92 Å². The number of carbonyl (C=O) groups is 1. The van der Waals surface area contributed by atoms with Gasteiger partial charge in [-0.25, -0.2) is 4.79 Å². The summed E-state index contributed by atoms with van der Waals surface area (Å²) in [4.78, 5) is 11.3. The van der Waals surface area contributed by atoms with Crippen LogP contribution in [0, 0.1) is 5.92 Å². The van der Waals surface area contributed by atoms with Crippen LogP contribution in [-0.4, -0.2) is 18.2 Å². The number of aliphatic hydroxyl groups is 1. The minimum atomic E-state index is -0.399. The first-order valence-electron chi connectivity index (χ1n) is 6.08. The van der Waals surface area contributed by atoms with Gasteiger partial charge in [0.25, 0.3) is 0 Å². The standard InChI is InChI=1S/C14H18O3/c1-17-14(16)12-8-6-11(7-9-12)13(15)10-4-2-3-5-10/h6-10,13,15H,2-5H2,1H3/t13-/m1/s1. The molecule has 3 nitrogen and oxygen atoms in total. The van der Waals surface area contributed by atoms with Gasteiger partial charge in [-0.2, -0.15) is 0 Å². The third-order valence-electron chi connectivity index (χ3n) is 3.52. The number of carbonyl (C=O) groups excluding carboxylic acids is 1. The van der Waals surface area contributed by atoms with E-state index in [1.54, 1.807) is 12.1 Å². The predicted molar refractivity (Wildman–Crippen MR) is 64.7 cm³/mol. The van der Waals surface area contributed by atoms with Gasteiger partial charge in [-0.05, 0) is 36.5 Å². The maximum atomic E-state index is 11.3. The van der Waals surface area contributed by atoms with Crippen LogP contribution in [0.15, 0.2) is 24.3 Å². The predicted octanol–water partition coefficient (Wildman–Crippen LogP) is 2.70. The van der Waals surface area contributed by atoms with E-state index in [2.05, 4.69) is 4.74 Å². The number of aliphatic hydroxyl groups excluding tert-OH is 1. The second kappa shape index (κ2) is 5.32. The fourth-order valence-corrected chi connectivity index (χ4v) is 2.48. The van der Waals surface area contributed by atoms with Gasteiger partial charge in [-0.15, -0.1) is 0 Å². The van der Waals surface area contributed by atoms with Crippen LogP contribution in [0.4, 0.5) is 0 Å². The highest BCUT2D eigenvalue weighted by Gasteiger charge is 2.24. The molecule has 1 aromatic carbocycles. The van der Waals surface area contributed by atoms with Gasteiger partial charge in [-0.1, -0.05) is 25.0 Å². The number of ether oxygens (including phenoxy) is 1. The lowest BCUT2D eigenvalue weighted by atomic mass is 9.94. The van der Waals surface area contributed by atoms with E-state index >= 15 is 0 Å². The van der Waals surface area contributed by atoms with Crippen LogP contribution in [0.2, 0.25) is 0 Å². The maximum absolute atomic E-state index is 11.3. The quantitative estimate of drug-likeness (QED) is 0.818. The molecular formula is C14H18O3. The minimum absolute atomic E-state index is 0.341. The number of rotatable bonds is 3. The van der Waals surface area contributed by atoms with E-state index in [0.29, 0.717) is 11.5 Å². The van der Waals surface area contributed by atoms with Gasteiger partial charge in [-0.3, -0.25) is 0 Å². The van der Waals surface area contributed by atoms with E-state index < -0.39 is 6.10 Å². The molecule has 0 heterocycles. The monoisotopic (exact) mass is 234 g/mol. The molecule has 17 heavy (non-hydrogen) atoms. The SMILES string of the molecule is COC(=O)c1ccc([C@H](O)C2CCCC2)cc1. The molecular weight excluding hydrogens is 216 g/mol. The molecule has 3 heteroatoms. The largest absolute Gasteiger partial charge is 0.465 e. The summed E-state index contributed by atoms with van der Waals surface area (Å²) in [6, 6.07) is 7.04. The van der Waals surface area contributed by atoms with E-state index in [4.69, 9.17) is 0 Å². The van der Waals surface area contributed by atoms with Crippen molar-refractivity contribution in [1.29, 1.82) is 0 Å². The van der Waals surface area contributed by atoms with Gasteiger partial charge in [0.15, 0.2) is 0 Å². The molecule has 1 saturated carbocycles. The van der Waals surface area contributed by atoms with Crippen molar-refractivity contribution in [3.63, 3.8) is 0 Å². The first kappa shape index (κ1) is 12.1. The van der Waals surface area contributed by atoms with Gasteiger partial charge in [0.05, 0.1) is 18.8 Å². The Bertz CT molecular complexity index is 377. The van der Waals surface area contributed by atoms with E-state index in [1.807, 2.05) is 12.1 Å². The van der Waals surface area contributed by atoms with E-state index in [9.17, 15) is 9.90 Å². The molecule has 0 radical (unpaired) electrons. The zero-order valence-electron chi connectivity index (χ0n) is 10.1. The number of esters is 1. The Hall–Kier alpha value is -1.35. The zero-order chi connectivity index (χ0) is 12.3. The molecule has 1 aliphatic carbocycles. The number of benzene rings is 1. The second-order valence-corrected chi connectivity index (χ2v) is 4.60. The second-order valence-electron chi connectivity index (χ2n) is 4.60. The summed E-state index contributed by atoms with van der Waals surface area (Å²) in [7, 11) is 1.36. The van der Waals surface area contributed by atoms with Crippen molar-refractivity contribution in [3.05, 3.63) is 35.4 Å². The molecule has 0 aromatic heterocycles. The molecule has 92 valence electrons. The molecule has 1 aromatic rings. The van der Waals surface area contributed by atoms with Gasteiger partial charge in [0.2, 0.25) is 0 Å². The molecule has 0 aliphatic heterocycles. The molecule has 1 atom stereocenters. The van der Waals surface area contributed by atoms with Crippen LogP contribution in [0.3, 0.4) is 0 Å². The lowest BCUT2D eigenvalue weighted by Crippen LogP contribution is -2.09. The fourth-order valence-electron chi connectivity index (χ4n) is 2.48. The van der Waals surface area contributed by atoms with Crippen LogP contribution < -0.4 is 0 Å². The Morgan fingerprint density at radius 1 is 1.29 bits per heavy atom. The number of methoxy groups -OCH3 is 1. The van der Waals surface area contributed by atoms with Gasteiger partial charge < -0.3 is 9.84 Å². The molecule has 0 unspecified atom stereocenters. The summed E-state index contributed by atoms with van der Waals surface area (Å²) < 4.78 is 4.63. The Morgan fingerprint density at radius 2 is 1.88 bits per heavy atom. The zero-order valence-corrected chi connectivity index (χ0v) is 10.1. The number of hydrogen-bond donors (Lipinski definition) is 1. The first-order chi connectivity index (χ1) is 8.22.